The van der Waals surface area contributed by atoms with E-state index in [-0.39, 0.29) is 20.0 Å². The molecule has 0 radical (unpaired) electrons. The third kappa shape index (κ3) is 7.76. The molecule has 1 heterocycles. The highest BCUT2D eigenvalue weighted by molar-refractivity contribution is 9.10. The van der Waals surface area contributed by atoms with Crippen LogP contribution >= 0.6 is 15.9 Å². The van der Waals surface area contributed by atoms with E-state index < -0.39 is 23.6 Å². The lowest BCUT2D eigenvalue weighted by Gasteiger charge is -2.22. The van der Waals surface area contributed by atoms with Crippen molar-refractivity contribution in [2.45, 2.75) is 39.0 Å². The van der Waals surface area contributed by atoms with Crippen LogP contribution in [0.1, 0.15) is 31.9 Å². The van der Waals surface area contributed by atoms with Gasteiger partial charge in [0.25, 0.3) is 5.91 Å². The van der Waals surface area contributed by atoms with Gasteiger partial charge >= 0.3 is 6.09 Å². The Balaban J connectivity index is 1.61. The van der Waals surface area contributed by atoms with Gasteiger partial charge in [-0.1, -0.05) is 30.3 Å². The van der Waals surface area contributed by atoms with Crippen molar-refractivity contribution in [1.82, 2.24) is 10.7 Å². The Morgan fingerprint density at radius 1 is 1.18 bits per heavy atom. The second-order valence-corrected chi connectivity index (χ2v) is 9.02. The van der Waals surface area contributed by atoms with Crippen LogP contribution in [0.3, 0.4) is 0 Å². The predicted octanol–water partition coefficient (Wildman–Crippen LogP) is 3.74. The quantitative estimate of drug-likeness (QED) is 0.406. The van der Waals surface area contributed by atoms with Crippen LogP contribution in [0.15, 0.2) is 52.0 Å². The fourth-order valence-corrected chi connectivity index (χ4v) is 3.20. The fourth-order valence-electron chi connectivity index (χ4n) is 2.78. The number of rotatable bonds is 8. The summed E-state index contributed by atoms with van der Waals surface area (Å²) in [6, 6.07) is 12.0. The number of hydrazone groups is 1. The highest BCUT2D eigenvalue weighted by Crippen LogP contribution is 2.36. The lowest BCUT2D eigenvalue weighted by Crippen LogP contribution is -2.49. The van der Waals surface area contributed by atoms with Crippen LogP contribution in [-0.2, 0) is 20.9 Å². The first-order valence-electron chi connectivity index (χ1n) is 10.2. The molecule has 9 nitrogen and oxygen atoms in total. The van der Waals surface area contributed by atoms with Gasteiger partial charge in [-0.15, -0.1) is 0 Å². The van der Waals surface area contributed by atoms with Gasteiger partial charge in [0.1, 0.15) is 11.6 Å². The second-order valence-electron chi connectivity index (χ2n) is 8.16. The Labute approximate surface area is 200 Å². The zero-order chi connectivity index (χ0) is 23.8. The van der Waals surface area contributed by atoms with Crippen molar-refractivity contribution in [3.63, 3.8) is 0 Å². The standard InChI is InChI=1S/C23H26BrN3O6/c1-23(2,3)33-22(29)26-18(13-30-12-15-7-5-4-6-8-15)21(28)27-25-11-16-9-19-20(10-17(16)24)32-14-31-19/h4-11,18H,12-14H2,1-3H3,(H,26,29)(H,27,28)/b25-11-/t18-/m0/s1. The van der Waals surface area contributed by atoms with Crippen molar-refractivity contribution in [3.05, 3.63) is 58.1 Å². The molecule has 0 bridgehead atoms. The highest BCUT2D eigenvalue weighted by Gasteiger charge is 2.24. The molecule has 3 rings (SSSR count). The minimum atomic E-state index is -1.01. The van der Waals surface area contributed by atoms with Gasteiger partial charge < -0.3 is 24.3 Å². The number of alkyl carbamates (subject to hydrolysis) is 1. The molecule has 2 aromatic carbocycles. The molecule has 0 fully saturated rings. The van der Waals surface area contributed by atoms with Gasteiger partial charge in [-0.05, 0) is 54.4 Å². The first kappa shape index (κ1) is 24.5. The van der Waals surface area contributed by atoms with Crippen LogP contribution < -0.4 is 20.2 Å². The summed E-state index contributed by atoms with van der Waals surface area (Å²) in [5.74, 6) is 0.659. The Hall–Kier alpha value is -3.11. The van der Waals surface area contributed by atoms with Crippen LogP contribution in [0.2, 0.25) is 0 Å². The molecule has 0 aromatic heterocycles. The number of carbonyl (C=O) groups is 2. The van der Waals surface area contributed by atoms with Crippen molar-refractivity contribution in [3.8, 4) is 11.5 Å². The first-order valence-corrected chi connectivity index (χ1v) is 11.0. The van der Waals surface area contributed by atoms with Gasteiger partial charge in [-0.3, -0.25) is 4.79 Å². The summed E-state index contributed by atoms with van der Waals surface area (Å²) < 4.78 is 22.3. The average molecular weight is 520 g/mol. The van der Waals surface area contributed by atoms with Gasteiger partial charge in [0.05, 0.1) is 19.4 Å². The van der Waals surface area contributed by atoms with Gasteiger partial charge in [-0.25, -0.2) is 10.2 Å². The molecule has 0 saturated carbocycles. The van der Waals surface area contributed by atoms with E-state index in [9.17, 15) is 9.59 Å². The number of ether oxygens (including phenoxy) is 4. The molecule has 33 heavy (non-hydrogen) atoms. The monoisotopic (exact) mass is 519 g/mol. The predicted molar refractivity (Wildman–Crippen MR) is 125 cm³/mol. The molecule has 0 spiro atoms. The van der Waals surface area contributed by atoms with Gasteiger partial charge in [0, 0.05) is 10.0 Å². The summed E-state index contributed by atoms with van der Waals surface area (Å²) in [5, 5.41) is 6.53. The molecule has 2 N–H and O–H groups in total. The lowest BCUT2D eigenvalue weighted by molar-refractivity contribution is -0.124. The Morgan fingerprint density at radius 3 is 2.58 bits per heavy atom. The number of nitrogens with zero attached hydrogens (tertiary/aromatic N) is 1. The number of carbonyl (C=O) groups excluding carboxylic acids is 2. The van der Waals surface area contributed by atoms with Crippen molar-refractivity contribution < 1.29 is 28.5 Å². The molecule has 1 atom stereocenters. The SMILES string of the molecule is CC(C)(C)OC(=O)N[C@@H](COCc1ccccc1)C(=O)N/N=C\c1cc2c(cc1Br)OCO2. The smallest absolute Gasteiger partial charge is 0.408 e. The number of hydrogen-bond donors (Lipinski definition) is 2. The third-order valence-corrected chi connectivity index (χ3v) is 4.96. The van der Waals surface area contributed by atoms with Gasteiger partial charge in [-0.2, -0.15) is 5.10 Å². The molecule has 1 aliphatic heterocycles. The lowest BCUT2D eigenvalue weighted by atomic mass is 10.2. The molecule has 2 amide bonds. The summed E-state index contributed by atoms with van der Waals surface area (Å²) >= 11 is 3.43. The van der Waals surface area contributed by atoms with E-state index in [4.69, 9.17) is 18.9 Å². The summed E-state index contributed by atoms with van der Waals surface area (Å²) in [6.07, 6.45) is 0.729. The third-order valence-electron chi connectivity index (χ3n) is 4.27. The maximum atomic E-state index is 12.7. The van der Waals surface area contributed by atoms with Crippen molar-refractivity contribution in [1.29, 1.82) is 0 Å². The molecular weight excluding hydrogens is 494 g/mol. The molecule has 0 saturated heterocycles. The minimum Gasteiger partial charge on any atom is -0.454 e. The van der Waals surface area contributed by atoms with E-state index in [1.165, 1.54) is 6.21 Å². The van der Waals surface area contributed by atoms with E-state index in [0.717, 1.165) is 10.0 Å². The van der Waals surface area contributed by atoms with Crippen molar-refractivity contribution in [2.24, 2.45) is 5.10 Å². The van der Waals surface area contributed by atoms with Crippen molar-refractivity contribution in [2.75, 3.05) is 13.4 Å². The van der Waals surface area contributed by atoms with Crippen LogP contribution in [0, 0.1) is 0 Å². The summed E-state index contributed by atoms with van der Waals surface area (Å²) in [7, 11) is 0. The number of fused-ring (bicyclic) bond motifs is 1. The number of benzene rings is 2. The van der Waals surface area contributed by atoms with Crippen LogP contribution in [0.25, 0.3) is 0 Å². The molecule has 2 aromatic rings. The second kappa shape index (κ2) is 11.2. The zero-order valence-electron chi connectivity index (χ0n) is 18.6. The Kier molecular flexibility index (Phi) is 8.29. The molecule has 0 unspecified atom stereocenters. The van der Waals surface area contributed by atoms with Gasteiger partial charge in [0.2, 0.25) is 6.79 Å². The van der Waals surface area contributed by atoms with Crippen molar-refractivity contribution >= 4 is 34.1 Å². The van der Waals surface area contributed by atoms with E-state index in [1.807, 2.05) is 30.3 Å². The largest absolute Gasteiger partial charge is 0.454 e. The summed E-state index contributed by atoms with van der Waals surface area (Å²) in [6.45, 7) is 5.58. The molecule has 1 aliphatic rings. The fraction of sp³-hybridized carbons (Fsp3) is 0.348. The van der Waals surface area contributed by atoms with Crippen LogP contribution in [0.4, 0.5) is 4.79 Å². The number of amides is 2. The topological polar surface area (TPSA) is 107 Å². The first-order chi connectivity index (χ1) is 15.7. The molecule has 10 heteroatoms. The van der Waals surface area contributed by atoms with E-state index in [1.54, 1.807) is 32.9 Å². The number of nitrogens with one attached hydrogen (secondary N) is 2. The summed E-state index contributed by atoms with van der Waals surface area (Å²) in [5.41, 5.74) is 3.34. The molecule has 0 aliphatic carbocycles. The van der Waals surface area contributed by atoms with Crippen LogP contribution in [0.5, 0.6) is 11.5 Å². The molecular formula is C23H26BrN3O6. The van der Waals surface area contributed by atoms with E-state index in [0.29, 0.717) is 17.1 Å². The van der Waals surface area contributed by atoms with Crippen LogP contribution in [-0.4, -0.2) is 43.3 Å². The number of hydrogen-bond acceptors (Lipinski definition) is 7. The maximum absolute atomic E-state index is 12.7. The average Bonchev–Trinajstić information content (AvgIpc) is 3.19. The molecule has 176 valence electrons. The normalized spacial score (nSPS) is 13.6. The minimum absolute atomic E-state index is 0.0663. The van der Waals surface area contributed by atoms with E-state index >= 15 is 0 Å². The highest BCUT2D eigenvalue weighted by atomic mass is 79.9. The van der Waals surface area contributed by atoms with E-state index in [2.05, 4.69) is 31.8 Å². The summed E-state index contributed by atoms with van der Waals surface area (Å²) in [4.78, 5) is 24.9. The zero-order valence-corrected chi connectivity index (χ0v) is 20.2. The Morgan fingerprint density at radius 2 is 1.88 bits per heavy atom. The maximum Gasteiger partial charge on any atom is 0.408 e. The van der Waals surface area contributed by atoms with Gasteiger partial charge in [0.15, 0.2) is 11.5 Å². The Bertz CT molecular complexity index is 1010. The number of halogens is 1.